The van der Waals surface area contributed by atoms with Gasteiger partial charge in [-0.2, -0.15) is 0 Å². The zero-order chi connectivity index (χ0) is 11.4. The van der Waals surface area contributed by atoms with Crippen molar-refractivity contribution in [2.75, 3.05) is 5.75 Å². The number of hydrogen-bond donors (Lipinski definition) is 0. The summed E-state index contributed by atoms with van der Waals surface area (Å²) < 4.78 is 1.87. The first kappa shape index (κ1) is 11.1. The van der Waals surface area contributed by atoms with Gasteiger partial charge in [0.1, 0.15) is 6.33 Å². The Bertz CT molecular complexity index is 513. The third-order valence-electron chi connectivity index (χ3n) is 1.91. The van der Waals surface area contributed by atoms with Gasteiger partial charge >= 0.3 is 0 Å². The van der Waals surface area contributed by atoms with Gasteiger partial charge in [0.05, 0.1) is 5.75 Å². The summed E-state index contributed by atoms with van der Waals surface area (Å²) in [5, 5.41) is 9.35. The van der Waals surface area contributed by atoms with Crippen molar-refractivity contribution in [3.63, 3.8) is 0 Å². The van der Waals surface area contributed by atoms with Crippen molar-refractivity contribution in [3.05, 3.63) is 35.6 Å². The summed E-state index contributed by atoms with van der Waals surface area (Å²) in [4.78, 5) is 0. The van der Waals surface area contributed by atoms with E-state index >= 15 is 0 Å². The first-order valence-corrected chi connectivity index (χ1v) is 5.90. The first-order valence-electron chi connectivity index (χ1n) is 4.53. The molecule has 0 radical (unpaired) electrons. The van der Waals surface area contributed by atoms with Gasteiger partial charge in [0.2, 0.25) is 0 Å². The molecule has 0 bridgehead atoms. The molecule has 1 aromatic heterocycles. The van der Waals surface area contributed by atoms with Gasteiger partial charge in [-0.15, -0.1) is 16.6 Å². The highest BCUT2D eigenvalue weighted by Crippen LogP contribution is 2.20. The molecule has 0 unspecified atom stereocenters. The first-order chi connectivity index (χ1) is 7.81. The minimum atomic E-state index is 0.576. The van der Waals surface area contributed by atoms with Crippen molar-refractivity contribution in [2.24, 2.45) is 0 Å². The number of nitrogens with zero attached hydrogens (tertiary/aromatic N) is 3. The zero-order valence-corrected chi connectivity index (χ0v) is 9.87. The number of terminal acetylenes is 1. The maximum absolute atomic E-state index is 5.82. The lowest BCUT2D eigenvalue weighted by Crippen LogP contribution is -1.94. The Hall–Kier alpha value is -1.44. The topological polar surface area (TPSA) is 30.7 Å². The molecule has 0 amide bonds. The van der Waals surface area contributed by atoms with E-state index in [0.29, 0.717) is 10.8 Å². The second-order valence-corrected chi connectivity index (χ2v) is 4.33. The molecule has 0 aliphatic carbocycles. The van der Waals surface area contributed by atoms with Crippen molar-refractivity contribution in [2.45, 2.75) is 5.16 Å². The fourth-order valence-corrected chi connectivity index (χ4v) is 1.94. The molecule has 0 saturated heterocycles. The number of hydrogen-bond acceptors (Lipinski definition) is 3. The van der Waals surface area contributed by atoms with Gasteiger partial charge in [0.25, 0.3) is 0 Å². The van der Waals surface area contributed by atoms with E-state index < -0.39 is 0 Å². The van der Waals surface area contributed by atoms with E-state index in [4.69, 9.17) is 18.0 Å². The summed E-state index contributed by atoms with van der Waals surface area (Å²) >= 11 is 7.30. The molecule has 16 heavy (non-hydrogen) atoms. The molecule has 0 spiro atoms. The molecule has 0 saturated carbocycles. The Balaban J connectivity index is 2.30. The van der Waals surface area contributed by atoms with Gasteiger partial charge in [-0.25, -0.2) is 0 Å². The van der Waals surface area contributed by atoms with Crippen LogP contribution in [0.1, 0.15) is 0 Å². The van der Waals surface area contributed by atoms with Crippen LogP contribution in [0.25, 0.3) is 5.69 Å². The molecule has 80 valence electrons. The van der Waals surface area contributed by atoms with E-state index in [1.165, 1.54) is 11.8 Å². The van der Waals surface area contributed by atoms with E-state index in [9.17, 15) is 0 Å². The molecule has 0 fully saturated rings. The van der Waals surface area contributed by atoms with Crippen LogP contribution in [-0.2, 0) is 0 Å². The van der Waals surface area contributed by atoms with Crippen LogP contribution in [0.3, 0.4) is 0 Å². The van der Waals surface area contributed by atoms with E-state index in [1.807, 2.05) is 28.8 Å². The van der Waals surface area contributed by atoms with Crippen LogP contribution >= 0.6 is 23.4 Å². The lowest BCUT2D eigenvalue weighted by atomic mass is 10.3. The van der Waals surface area contributed by atoms with Gasteiger partial charge in [0, 0.05) is 10.7 Å². The van der Waals surface area contributed by atoms with Crippen molar-refractivity contribution in [1.29, 1.82) is 0 Å². The quantitative estimate of drug-likeness (QED) is 0.619. The highest BCUT2D eigenvalue weighted by molar-refractivity contribution is 7.99. The summed E-state index contributed by atoms with van der Waals surface area (Å²) in [6.45, 7) is 0. The predicted octanol–water partition coefficient (Wildman–Crippen LogP) is 2.65. The van der Waals surface area contributed by atoms with Crippen LogP contribution in [0.15, 0.2) is 35.7 Å². The Labute approximate surface area is 103 Å². The fourth-order valence-electron chi connectivity index (χ4n) is 1.21. The lowest BCUT2D eigenvalue weighted by Gasteiger charge is -2.04. The molecular formula is C11H8ClN3S. The van der Waals surface area contributed by atoms with Crippen LogP contribution in [-0.4, -0.2) is 20.5 Å². The zero-order valence-electron chi connectivity index (χ0n) is 8.30. The SMILES string of the molecule is C#CCSc1nncn1-c1ccc(Cl)cc1. The second kappa shape index (κ2) is 5.06. The summed E-state index contributed by atoms with van der Waals surface area (Å²) in [7, 11) is 0. The normalized spacial score (nSPS) is 10.0. The lowest BCUT2D eigenvalue weighted by molar-refractivity contribution is 0.886. The third kappa shape index (κ3) is 2.38. The molecule has 0 N–H and O–H groups in total. The Morgan fingerprint density at radius 3 is 2.81 bits per heavy atom. The van der Waals surface area contributed by atoms with Crippen LogP contribution in [0.5, 0.6) is 0 Å². The molecule has 0 aliphatic heterocycles. The highest BCUT2D eigenvalue weighted by atomic mass is 35.5. The van der Waals surface area contributed by atoms with Crippen LogP contribution < -0.4 is 0 Å². The molecule has 1 aromatic carbocycles. The van der Waals surface area contributed by atoms with Gasteiger partial charge in [-0.1, -0.05) is 29.3 Å². The molecule has 0 aliphatic rings. The van der Waals surface area contributed by atoms with E-state index in [1.54, 1.807) is 6.33 Å². The molecule has 1 heterocycles. The van der Waals surface area contributed by atoms with Crippen LogP contribution in [0.2, 0.25) is 5.02 Å². The largest absolute Gasteiger partial charge is 0.277 e. The monoisotopic (exact) mass is 249 g/mol. The van der Waals surface area contributed by atoms with Crippen LogP contribution in [0, 0.1) is 12.3 Å². The van der Waals surface area contributed by atoms with Gasteiger partial charge in [-0.3, -0.25) is 4.57 Å². The smallest absolute Gasteiger partial charge is 0.196 e. The van der Waals surface area contributed by atoms with Gasteiger partial charge < -0.3 is 0 Å². The molecule has 2 rings (SSSR count). The molecule has 3 nitrogen and oxygen atoms in total. The standard InChI is InChI=1S/C11H8ClN3S/c1-2-7-16-11-14-13-8-15(11)10-5-3-9(12)4-6-10/h1,3-6,8H,7H2. The van der Waals surface area contributed by atoms with E-state index in [-0.39, 0.29) is 0 Å². The van der Waals surface area contributed by atoms with E-state index in [2.05, 4.69) is 16.1 Å². The highest BCUT2D eigenvalue weighted by Gasteiger charge is 2.05. The second-order valence-electron chi connectivity index (χ2n) is 2.95. The average molecular weight is 250 g/mol. The number of thioether (sulfide) groups is 1. The van der Waals surface area contributed by atoms with Crippen LogP contribution in [0.4, 0.5) is 0 Å². The van der Waals surface area contributed by atoms with Gasteiger partial charge in [-0.05, 0) is 24.3 Å². The summed E-state index contributed by atoms with van der Waals surface area (Å²) in [6.07, 6.45) is 6.86. The number of halogens is 1. The summed E-state index contributed by atoms with van der Waals surface area (Å²) in [5.41, 5.74) is 0.967. The minimum absolute atomic E-state index is 0.576. The number of benzene rings is 1. The average Bonchev–Trinajstić information content (AvgIpc) is 2.75. The fraction of sp³-hybridized carbons (Fsp3) is 0.0909. The molecule has 0 atom stereocenters. The molecular weight excluding hydrogens is 242 g/mol. The van der Waals surface area contributed by atoms with Crippen molar-refractivity contribution in [1.82, 2.24) is 14.8 Å². The Kier molecular flexibility index (Phi) is 3.50. The van der Waals surface area contributed by atoms with Gasteiger partial charge in [0.15, 0.2) is 5.16 Å². The van der Waals surface area contributed by atoms with Crippen molar-refractivity contribution in [3.8, 4) is 18.0 Å². The maximum atomic E-state index is 5.82. The number of rotatable bonds is 3. The predicted molar refractivity (Wildman–Crippen MR) is 65.9 cm³/mol. The third-order valence-corrected chi connectivity index (χ3v) is 3.01. The summed E-state index contributed by atoms with van der Waals surface area (Å²) in [5.74, 6) is 3.13. The summed E-state index contributed by atoms with van der Waals surface area (Å²) in [6, 6.07) is 7.47. The minimum Gasteiger partial charge on any atom is -0.277 e. The molecule has 5 heteroatoms. The van der Waals surface area contributed by atoms with Crippen molar-refractivity contribution < 1.29 is 0 Å². The Morgan fingerprint density at radius 2 is 2.12 bits per heavy atom. The maximum Gasteiger partial charge on any atom is 0.196 e. The Morgan fingerprint density at radius 1 is 1.38 bits per heavy atom. The number of aromatic nitrogens is 3. The molecule has 2 aromatic rings. The van der Waals surface area contributed by atoms with E-state index in [0.717, 1.165) is 10.8 Å². The van der Waals surface area contributed by atoms with Crippen molar-refractivity contribution >= 4 is 23.4 Å².